The van der Waals surface area contributed by atoms with Gasteiger partial charge in [-0.05, 0) is 126 Å². The molecule has 0 saturated carbocycles. The highest BCUT2D eigenvalue weighted by Crippen LogP contribution is 2.25. The van der Waals surface area contributed by atoms with E-state index in [0.29, 0.717) is 53.3 Å². The molecule has 0 aliphatic rings. The Labute approximate surface area is 488 Å². The molecule has 0 bridgehead atoms. The minimum atomic E-state index is -0.258. The maximum Gasteiger partial charge on any atom is 0.180 e. The first-order valence-electron chi connectivity index (χ1n) is 27.5. The number of thiophene rings is 1. The second-order valence-corrected chi connectivity index (χ2v) is 24.3. The molecule has 0 aliphatic carbocycles. The van der Waals surface area contributed by atoms with E-state index in [1.807, 2.05) is 121 Å². The van der Waals surface area contributed by atoms with Crippen LogP contribution >= 0.6 is 34.0 Å². The Hall–Kier alpha value is -6.02. The molecule has 0 aromatic carbocycles. The molecular weight excluding hydrogens is 1040 g/mol. The average Bonchev–Trinajstić information content (AvgIpc) is 4.30. The second kappa shape index (κ2) is 41.1. The zero-order valence-electron chi connectivity index (χ0n) is 51.2. The van der Waals surface area contributed by atoms with Crippen LogP contribution in [0.25, 0.3) is 0 Å². The number of hydrogen-bond donors (Lipinski definition) is 0. The molecule has 0 saturated heterocycles. The lowest BCUT2D eigenvalue weighted by atomic mass is 10.1. The van der Waals surface area contributed by atoms with Gasteiger partial charge in [0, 0.05) is 82.0 Å². The van der Waals surface area contributed by atoms with Gasteiger partial charge >= 0.3 is 0 Å². The number of aromatic nitrogens is 7. The summed E-state index contributed by atoms with van der Waals surface area (Å²) in [5.74, 6) is 6.76. The van der Waals surface area contributed by atoms with Crippen molar-refractivity contribution in [3.8, 4) is 0 Å². The number of furan rings is 1. The van der Waals surface area contributed by atoms with Crippen molar-refractivity contribution in [2.24, 2.45) is 0 Å². The smallest absolute Gasteiger partial charge is 0.180 e. The number of thiazole rings is 2. The number of pyridine rings is 4. The molecule has 430 valence electrons. The van der Waals surface area contributed by atoms with E-state index in [0.717, 1.165) is 22.8 Å². The summed E-state index contributed by atoms with van der Waals surface area (Å²) in [7, 11) is 0. The Bertz CT molecular complexity index is 2480. The van der Waals surface area contributed by atoms with Crippen LogP contribution in [0, 0.1) is 19.7 Å². The van der Waals surface area contributed by atoms with Gasteiger partial charge in [0.1, 0.15) is 17.3 Å². The van der Waals surface area contributed by atoms with Gasteiger partial charge in [0.25, 0.3) is 0 Å². The van der Waals surface area contributed by atoms with E-state index in [-0.39, 0.29) is 5.82 Å². The molecule has 9 aromatic rings. The number of aryl methyl sites for hydroxylation is 2. The minimum absolute atomic E-state index is 0.258. The molecule has 9 rings (SSSR count). The highest BCUT2D eigenvalue weighted by Gasteiger charge is 2.07. The monoisotopic (exact) mass is 1130 g/mol. The fourth-order valence-corrected chi connectivity index (χ4v) is 8.61. The lowest BCUT2D eigenvalue weighted by Gasteiger charge is -2.02. The van der Waals surface area contributed by atoms with E-state index in [9.17, 15) is 4.39 Å². The van der Waals surface area contributed by atoms with Crippen molar-refractivity contribution in [3.05, 3.63) is 217 Å². The van der Waals surface area contributed by atoms with Gasteiger partial charge in [-0.25, -0.2) is 19.3 Å². The zero-order valence-corrected chi connectivity index (χ0v) is 53.6. The molecule has 9 nitrogen and oxygen atoms in total. The summed E-state index contributed by atoms with van der Waals surface area (Å²) in [6.45, 7) is 42.6. The average molecular weight is 1130 g/mol. The van der Waals surface area contributed by atoms with Crippen LogP contribution < -0.4 is 0 Å². The van der Waals surface area contributed by atoms with E-state index in [2.05, 4.69) is 183 Å². The maximum atomic E-state index is 12.5. The molecule has 0 radical (unpaired) electrons. The molecule has 79 heavy (non-hydrogen) atoms. The number of halogens is 1. The lowest BCUT2D eigenvalue weighted by Crippen LogP contribution is -1.89. The van der Waals surface area contributed by atoms with Crippen LogP contribution in [0.15, 0.2) is 161 Å². The molecule has 0 fully saturated rings. The van der Waals surface area contributed by atoms with Crippen molar-refractivity contribution in [3.63, 3.8) is 0 Å². The van der Waals surface area contributed by atoms with Crippen molar-refractivity contribution in [1.82, 2.24) is 34.9 Å². The van der Waals surface area contributed by atoms with Gasteiger partial charge in [0.05, 0.1) is 34.4 Å². The Morgan fingerprint density at radius 2 is 1.10 bits per heavy atom. The summed E-state index contributed by atoms with van der Waals surface area (Å²) < 4.78 is 22.5. The third kappa shape index (κ3) is 32.6. The predicted molar refractivity (Wildman–Crippen MR) is 337 cm³/mol. The van der Waals surface area contributed by atoms with Crippen LogP contribution in [0.5, 0.6) is 0 Å². The summed E-state index contributed by atoms with van der Waals surface area (Å²) in [4.78, 5) is 31.0. The fraction of sp³-hybridized carbons (Fsp3) is 0.439. The molecule has 0 aliphatic heterocycles. The Morgan fingerprint density at radius 1 is 0.443 bits per heavy atom. The topological polar surface area (TPSA) is 117 Å². The second-order valence-electron chi connectivity index (χ2n) is 21.1. The normalized spacial score (nSPS) is 10.4. The van der Waals surface area contributed by atoms with Crippen molar-refractivity contribution < 1.29 is 13.2 Å². The molecule has 0 N–H and O–H groups in total. The van der Waals surface area contributed by atoms with Gasteiger partial charge in [-0.3, -0.25) is 19.9 Å². The van der Waals surface area contributed by atoms with E-state index in [1.54, 1.807) is 36.2 Å². The minimum Gasteiger partial charge on any atom is -0.469 e. The van der Waals surface area contributed by atoms with E-state index in [4.69, 9.17) is 8.83 Å². The van der Waals surface area contributed by atoms with Crippen molar-refractivity contribution in [2.75, 3.05) is 0 Å². The lowest BCUT2D eigenvalue weighted by molar-refractivity contribution is 0.482. The van der Waals surface area contributed by atoms with Crippen molar-refractivity contribution in [1.29, 1.82) is 0 Å². The molecule has 9 heterocycles. The van der Waals surface area contributed by atoms with Crippen LogP contribution in [0.4, 0.5) is 4.39 Å². The largest absolute Gasteiger partial charge is 0.469 e. The molecule has 0 spiro atoms. The van der Waals surface area contributed by atoms with Gasteiger partial charge in [-0.1, -0.05) is 143 Å². The summed E-state index contributed by atoms with van der Waals surface area (Å²) in [5, 5.41) is 6.54. The molecule has 0 amide bonds. The number of nitrogens with zero attached hydrogens (tertiary/aromatic N) is 7. The Kier molecular flexibility index (Phi) is 36.9. The van der Waals surface area contributed by atoms with Crippen molar-refractivity contribution >= 4 is 34.0 Å². The van der Waals surface area contributed by atoms with Crippen LogP contribution in [0.1, 0.15) is 237 Å². The molecule has 9 aromatic heterocycles. The fourth-order valence-electron chi connectivity index (χ4n) is 6.28. The SMILES string of the molecule is CC(C)c1ccccn1.CC(C)c1cccnc1.CC(C)c1ccco1.CC(C)c1cccs1.CC(C)c1ccncc1.CC(C)c1cncc(F)c1.CC(C)c1cnco1.CC(C)c1nccs1.Cc1nc(C)c(C(C)C)s1. The predicted octanol–water partition coefficient (Wildman–Crippen LogP) is 21.2. The first kappa shape index (κ1) is 71.0. The molecule has 0 unspecified atom stereocenters. The zero-order chi connectivity index (χ0) is 59.3. The van der Waals surface area contributed by atoms with Gasteiger partial charge in [0.2, 0.25) is 0 Å². The van der Waals surface area contributed by atoms with E-state index < -0.39 is 0 Å². The van der Waals surface area contributed by atoms with Crippen LogP contribution in [0.3, 0.4) is 0 Å². The molecule has 13 heteroatoms. The highest BCUT2D eigenvalue weighted by molar-refractivity contribution is 7.11. The first-order valence-corrected chi connectivity index (χ1v) is 30.1. The third-order valence-electron chi connectivity index (χ3n) is 11.0. The van der Waals surface area contributed by atoms with E-state index >= 15 is 0 Å². The van der Waals surface area contributed by atoms with E-state index in [1.165, 1.54) is 55.2 Å². The van der Waals surface area contributed by atoms with Crippen LogP contribution in [0.2, 0.25) is 0 Å². The maximum absolute atomic E-state index is 12.5. The van der Waals surface area contributed by atoms with Crippen molar-refractivity contribution in [2.45, 2.75) is 192 Å². The van der Waals surface area contributed by atoms with Gasteiger partial charge in [-0.2, -0.15) is 0 Å². The first-order chi connectivity index (χ1) is 37.4. The molecule has 0 atom stereocenters. The van der Waals surface area contributed by atoms with Gasteiger partial charge in [-0.15, -0.1) is 34.0 Å². The highest BCUT2D eigenvalue weighted by atomic mass is 32.1. The van der Waals surface area contributed by atoms with Gasteiger partial charge in [0.15, 0.2) is 6.39 Å². The summed E-state index contributed by atoms with van der Waals surface area (Å²) in [6, 6.07) is 23.8. The summed E-state index contributed by atoms with van der Waals surface area (Å²) >= 11 is 5.36. The molecular formula is C66H94FN7O2S3. The van der Waals surface area contributed by atoms with Gasteiger partial charge < -0.3 is 8.83 Å². The number of oxazole rings is 1. The quantitative estimate of drug-likeness (QED) is 0.139. The number of rotatable bonds is 9. The van der Waals surface area contributed by atoms with Crippen LogP contribution in [-0.4, -0.2) is 34.9 Å². The summed E-state index contributed by atoms with van der Waals surface area (Å²) in [6.07, 6.45) is 18.8. The summed E-state index contributed by atoms with van der Waals surface area (Å²) in [5.41, 5.74) is 5.97. The van der Waals surface area contributed by atoms with Crippen LogP contribution in [-0.2, 0) is 0 Å². The Morgan fingerprint density at radius 3 is 1.39 bits per heavy atom. The Balaban J connectivity index is 0.000000445. The third-order valence-corrected chi connectivity index (χ3v) is 14.7. The number of hydrogen-bond acceptors (Lipinski definition) is 12. The standard InChI is InChI=1S/C8H10FN.C8H13NS.3C8H11N.C7H10O.C7H10S.C6H9NO.C6H9NS/c1-6(2)7-3-8(9)5-10-4-7;1-5(2)8-6(3)9-7(4)10-8;1-7(2)8-3-5-9-6-4-8;1-7(2)8-4-3-5-9-6-8;1-7(2)8-5-3-4-6-9-8;2*1-6(2)7-4-3-5-8-7;1-5(2)6-3-7-4-8-6;1-5(2)6-7-3-4-8-6/h3-6H,1-2H3;5H,1-4H3;3*3-7H,1-2H3;2*3-6H,1-2H3;2*3-5H,1-2H3.